The summed E-state index contributed by atoms with van der Waals surface area (Å²) in [6, 6.07) is 25.9. The zero-order valence-electron chi connectivity index (χ0n) is 34.6. The summed E-state index contributed by atoms with van der Waals surface area (Å²) in [4.78, 5) is 86.8. The van der Waals surface area contributed by atoms with Gasteiger partial charge in [-0.05, 0) is 52.6 Å². The van der Waals surface area contributed by atoms with Crippen molar-refractivity contribution in [1.29, 1.82) is 0 Å². The normalized spacial score (nSPS) is 22.4. The van der Waals surface area contributed by atoms with E-state index in [-0.39, 0.29) is 49.7 Å². The number of benzene rings is 4. The molecule has 2 fully saturated rings. The molecule has 3 N–H and O–H groups in total. The Morgan fingerprint density at radius 3 is 2.06 bits per heavy atom. The summed E-state index contributed by atoms with van der Waals surface area (Å²) in [5.41, 5.74) is 6.45. The van der Waals surface area contributed by atoms with Crippen molar-refractivity contribution in [3.05, 3.63) is 131 Å². The molecule has 0 saturated carbocycles. The number of anilines is 1. The van der Waals surface area contributed by atoms with Crippen LogP contribution in [0.15, 0.2) is 103 Å². The molecule has 0 unspecified atom stereocenters. The van der Waals surface area contributed by atoms with Gasteiger partial charge in [0.2, 0.25) is 11.8 Å². The lowest BCUT2D eigenvalue weighted by molar-refractivity contribution is -0.178. The Kier molecular flexibility index (Phi) is 13.2. The maximum atomic E-state index is 15.9. The van der Waals surface area contributed by atoms with Crippen molar-refractivity contribution in [3.8, 4) is 17.6 Å². The highest BCUT2D eigenvalue weighted by Crippen LogP contribution is 2.65. The van der Waals surface area contributed by atoms with Crippen molar-refractivity contribution in [3.63, 3.8) is 0 Å². The number of hydrogen-bond donors (Lipinski definition) is 2. The second-order valence-corrected chi connectivity index (χ2v) is 14.9. The van der Waals surface area contributed by atoms with E-state index in [1.54, 1.807) is 29.2 Å². The summed E-state index contributed by atoms with van der Waals surface area (Å²) in [5, 5.41) is 9.46. The third-order valence-electron chi connectivity index (χ3n) is 11.5. The van der Waals surface area contributed by atoms with Crippen LogP contribution >= 0.6 is 0 Å². The van der Waals surface area contributed by atoms with Crippen LogP contribution in [-0.2, 0) is 53.1 Å². The first-order valence-corrected chi connectivity index (χ1v) is 20.0. The van der Waals surface area contributed by atoms with Gasteiger partial charge in [-0.15, -0.1) is 0 Å². The molecule has 3 amide bonds. The van der Waals surface area contributed by atoms with Crippen molar-refractivity contribution in [1.82, 2.24) is 4.90 Å². The van der Waals surface area contributed by atoms with Gasteiger partial charge in [0.25, 0.3) is 0 Å². The third-order valence-corrected chi connectivity index (χ3v) is 11.5. The number of cyclic esters (lactones) is 1. The summed E-state index contributed by atoms with van der Waals surface area (Å²) in [6.07, 6.45) is -2.33. The highest BCUT2D eigenvalue weighted by Gasteiger charge is 2.75. The van der Waals surface area contributed by atoms with Crippen LogP contribution in [0.25, 0.3) is 0 Å². The molecule has 3 aliphatic rings. The van der Waals surface area contributed by atoms with Gasteiger partial charge in [-0.1, -0.05) is 84.6 Å². The van der Waals surface area contributed by atoms with Gasteiger partial charge in [-0.3, -0.25) is 28.9 Å². The van der Waals surface area contributed by atoms with E-state index in [4.69, 9.17) is 34.2 Å². The average molecular weight is 860 g/mol. The van der Waals surface area contributed by atoms with Crippen LogP contribution in [-0.4, -0.2) is 99.6 Å². The predicted molar refractivity (Wildman–Crippen MR) is 222 cm³/mol. The van der Waals surface area contributed by atoms with Crippen LogP contribution in [0.1, 0.15) is 52.4 Å². The molecule has 0 aromatic heterocycles. The number of nitrogens with zero attached hydrogens (tertiary/aromatic N) is 2. The van der Waals surface area contributed by atoms with E-state index in [1.807, 2.05) is 60.7 Å². The second-order valence-electron chi connectivity index (χ2n) is 14.9. The Bertz CT molecular complexity index is 2420. The van der Waals surface area contributed by atoms with E-state index in [9.17, 15) is 29.1 Å². The van der Waals surface area contributed by atoms with Crippen molar-refractivity contribution in [2.75, 3.05) is 52.7 Å². The van der Waals surface area contributed by atoms with Gasteiger partial charge in [-0.25, -0.2) is 9.69 Å². The van der Waals surface area contributed by atoms with Crippen LogP contribution in [0, 0.1) is 23.7 Å². The topological polar surface area (TPSA) is 211 Å². The molecule has 0 bridgehead atoms. The van der Waals surface area contributed by atoms with Crippen molar-refractivity contribution in [2.45, 2.75) is 36.1 Å². The number of primary amides is 1. The maximum Gasteiger partial charge on any atom is 0.421 e. The predicted octanol–water partition coefficient (Wildman–Crippen LogP) is 3.70. The molecular weight excluding hydrogens is 815 g/mol. The lowest BCUT2D eigenvalue weighted by Gasteiger charge is -2.46. The van der Waals surface area contributed by atoms with Crippen LogP contribution < -0.4 is 15.4 Å². The Labute approximate surface area is 362 Å². The fourth-order valence-corrected chi connectivity index (χ4v) is 8.98. The van der Waals surface area contributed by atoms with Crippen LogP contribution in [0.3, 0.4) is 0 Å². The molecule has 2 saturated heterocycles. The number of morpholine rings is 1. The average Bonchev–Trinajstić information content (AvgIpc) is 3.76. The number of imide groups is 1. The molecule has 4 aromatic rings. The van der Waals surface area contributed by atoms with E-state index in [2.05, 4.69) is 11.8 Å². The Balaban J connectivity index is 1.51. The first-order chi connectivity index (χ1) is 30.5. The number of aliphatic hydroxyl groups excluding tert-OH is 1. The van der Waals surface area contributed by atoms with E-state index in [0.717, 1.165) is 19.1 Å². The molecule has 4 aromatic carbocycles. The number of nitrogens with two attached hydrogens (primary N) is 1. The SMILES string of the molecule is COCCOC(=O)N1C(=O)[C@@]2(c3cc(C#CCC(C(=O)OC)C(=O)OC)ccc31)[C@H](c1ccc(OCCO)cc1)N1[C@H](c3ccccc3)[C@H](c3ccccc3)OC(=O)[C@H]1[C@@H]2C(N)=O. The Hall–Kier alpha value is -7.06. The number of esters is 3. The van der Waals surface area contributed by atoms with Crippen LogP contribution in [0.2, 0.25) is 0 Å². The highest BCUT2D eigenvalue weighted by atomic mass is 16.6. The standard InChI is InChI=1S/C47H45N3O13/c1-58-25-26-62-46(57)49-35-22-17-28(11-10-16-33(42(53)59-2)43(54)60-3)27-34(35)47(45(49)56)36(41(48)52)38-44(55)63-39(30-14-8-5-9-15-30)37(29-12-6-4-7-13-29)50(38)40(47)31-18-20-32(21-19-31)61-24-23-51/h4-9,12-15,17-22,27,33,36-40,51H,16,23-26H2,1-3H3,(H2,48,52)/t36-,37-,38-,39+,40+,47-/m1/s1. The molecule has 7 rings (SSSR count). The van der Waals surface area contributed by atoms with Crippen molar-refractivity contribution < 1.29 is 62.3 Å². The largest absolute Gasteiger partial charge is 0.491 e. The summed E-state index contributed by atoms with van der Waals surface area (Å²) in [6.45, 7) is -0.456. The monoisotopic (exact) mass is 859 g/mol. The minimum atomic E-state index is -2.14. The molecule has 326 valence electrons. The Morgan fingerprint density at radius 2 is 1.46 bits per heavy atom. The van der Waals surface area contributed by atoms with Gasteiger partial charge in [0, 0.05) is 19.1 Å². The molecule has 63 heavy (non-hydrogen) atoms. The van der Waals surface area contributed by atoms with E-state index >= 15 is 4.79 Å². The van der Waals surface area contributed by atoms with E-state index in [0.29, 0.717) is 22.4 Å². The smallest absolute Gasteiger partial charge is 0.421 e. The fraction of sp³-hybridized carbons (Fsp3) is 0.319. The minimum Gasteiger partial charge on any atom is -0.491 e. The van der Waals surface area contributed by atoms with Crippen molar-refractivity contribution >= 4 is 41.5 Å². The fourth-order valence-electron chi connectivity index (χ4n) is 8.98. The molecule has 16 heteroatoms. The minimum absolute atomic E-state index is 0.00115. The molecule has 0 aliphatic carbocycles. The van der Waals surface area contributed by atoms with Gasteiger partial charge in [0.15, 0.2) is 5.92 Å². The van der Waals surface area contributed by atoms with Crippen LogP contribution in [0.5, 0.6) is 5.75 Å². The van der Waals surface area contributed by atoms with Crippen molar-refractivity contribution in [2.24, 2.45) is 17.6 Å². The van der Waals surface area contributed by atoms with Gasteiger partial charge in [0.05, 0.1) is 51.1 Å². The zero-order chi connectivity index (χ0) is 44.8. The number of fused-ring (bicyclic) bond motifs is 3. The molecule has 1 spiro atoms. The number of aliphatic hydroxyl groups is 1. The number of carbonyl (C=O) groups excluding carboxylic acids is 6. The number of rotatable bonds is 13. The number of amides is 3. The number of methoxy groups -OCH3 is 3. The molecule has 0 radical (unpaired) electrons. The molecule has 6 atom stereocenters. The first kappa shape index (κ1) is 44.0. The first-order valence-electron chi connectivity index (χ1n) is 20.0. The summed E-state index contributed by atoms with van der Waals surface area (Å²) >= 11 is 0. The molecule has 3 heterocycles. The lowest BCUT2D eigenvalue weighted by Crippen LogP contribution is -2.55. The molecule has 3 aliphatic heterocycles. The highest BCUT2D eigenvalue weighted by molar-refractivity contribution is 6.23. The molecule has 16 nitrogen and oxygen atoms in total. The summed E-state index contributed by atoms with van der Waals surface area (Å²) in [5.74, 6) is -1.33. The number of carbonyl (C=O) groups is 6. The van der Waals surface area contributed by atoms with E-state index < -0.39 is 77.3 Å². The van der Waals surface area contributed by atoms with Gasteiger partial charge in [0.1, 0.15) is 36.5 Å². The second kappa shape index (κ2) is 18.9. The van der Waals surface area contributed by atoms with Gasteiger partial charge in [-0.2, -0.15) is 0 Å². The number of hydrogen-bond acceptors (Lipinski definition) is 14. The van der Waals surface area contributed by atoms with Gasteiger partial charge >= 0.3 is 24.0 Å². The van der Waals surface area contributed by atoms with Gasteiger partial charge < -0.3 is 39.3 Å². The third kappa shape index (κ3) is 7.98. The zero-order valence-corrected chi connectivity index (χ0v) is 34.6. The quantitative estimate of drug-likeness (QED) is 0.0646. The summed E-state index contributed by atoms with van der Waals surface area (Å²) < 4.78 is 32.2. The summed E-state index contributed by atoms with van der Waals surface area (Å²) in [7, 11) is 3.68. The lowest BCUT2D eigenvalue weighted by atomic mass is 9.65. The van der Waals surface area contributed by atoms with Crippen LogP contribution in [0.4, 0.5) is 10.5 Å². The molecular formula is C47H45N3O13. The maximum absolute atomic E-state index is 15.9. The van der Waals surface area contributed by atoms with E-state index in [1.165, 1.54) is 25.3 Å². The Morgan fingerprint density at radius 1 is 0.810 bits per heavy atom. The number of ether oxygens (including phenoxy) is 6.